The summed E-state index contributed by atoms with van der Waals surface area (Å²) in [6.07, 6.45) is 11.6. The van der Waals surface area contributed by atoms with E-state index in [1.165, 1.54) is 25.1 Å². The molecular weight excluding hydrogens is 478 g/mol. The summed E-state index contributed by atoms with van der Waals surface area (Å²) in [5.41, 5.74) is 0.963. The third-order valence-electron chi connectivity index (χ3n) is 4.62. The van der Waals surface area contributed by atoms with Crippen LogP contribution < -0.4 is 0 Å². The van der Waals surface area contributed by atoms with Crippen molar-refractivity contribution in [3.05, 3.63) is 68.7 Å². The maximum atomic E-state index is 11.6. The molecule has 7 heteroatoms. The van der Waals surface area contributed by atoms with Crippen LogP contribution in [0.3, 0.4) is 0 Å². The van der Waals surface area contributed by atoms with Gasteiger partial charge in [-0.15, -0.1) is 0 Å². The van der Waals surface area contributed by atoms with Crippen LogP contribution in [0.15, 0.2) is 62.8 Å². The fourth-order valence-electron chi connectivity index (χ4n) is 3.02. The van der Waals surface area contributed by atoms with Gasteiger partial charge in [-0.05, 0) is 59.0 Å². The molecule has 0 N–H and O–H groups in total. The van der Waals surface area contributed by atoms with Gasteiger partial charge >= 0.3 is 5.97 Å². The molecule has 0 saturated heterocycles. The lowest BCUT2D eigenvalue weighted by Crippen LogP contribution is -1.99. The number of carbonyl (C=O) groups excluding carboxylic acids is 1. The van der Waals surface area contributed by atoms with E-state index in [9.17, 15) is 14.9 Å². The minimum Gasteiger partial charge on any atom is -0.466 e. The summed E-state index contributed by atoms with van der Waals surface area (Å²) in [5.74, 6) is -0.213. The van der Waals surface area contributed by atoms with Gasteiger partial charge in [0.25, 0.3) is 5.69 Å². The highest BCUT2D eigenvalue weighted by atomic mass is 79.9. The van der Waals surface area contributed by atoms with Gasteiger partial charge in [0.05, 0.1) is 16.4 Å². The van der Waals surface area contributed by atoms with Gasteiger partial charge in [-0.25, -0.2) is 0 Å². The second-order valence-electron chi connectivity index (χ2n) is 7.17. The molecule has 0 fully saturated rings. The van der Waals surface area contributed by atoms with Crippen molar-refractivity contribution in [1.82, 2.24) is 0 Å². The first kappa shape index (κ1) is 25.1. The molecule has 166 valence electrons. The Bertz CT molecular complexity index is 901. The van der Waals surface area contributed by atoms with Gasteiger partial charge in [0, 0.05) is 22.4 Å². The molecule has 0 aliphatic carbocycles. The van der Waals surface area contributed by atoms with Crippen molar-refractivity contribution in [3.63, 3.8) is 0 Å². The van der Waals surface area contributed by atoms with Crippen molar-refractivity contribution in [2.45, 2.75) is 61.7 Å². The van der Waals surface area contributed by atoms with Gasteiger partial charge < -0.3 is 4.74 Å². The fraction of sp³-hybridized carbons (Fsp3) is 0.375. The first-order valence-electron chi connectivity index (χ1n) is 10.5. The van der Waals surface area contributed by atoms with E-state index in [1.807, 2.05) is 42.5 Å². The quantitative estimate of drug-likeness (QED) is 0.120. The van der Waals surface area contributed by atoms with Crippen LogP contribution in [-0.2, 0) is 9.53 Å². The molecule has 0 amide bonds. The van der Waals surface area contributed by atoms with E-state index in [0.29, 0.717) is 11.5 Å². The van der Waals surface area contributed by atoms with Gasteiger partial charge in [-0.3, -0.25) is 14.9 Å². The number of benzene rings is 2. The number of halogens is 1. The molecule has 2 aromatic carbocycles. The van der Waals surface area contributed by atoms with Crippen LogP contribution in [0.2, 0.25) is 0 Å². The SMILES string of the molecule is CC(=O)OCCCCCCCCC=Cc1ccc(Sc2ccccc2Br)c([N+](=O)[O-])c1. The molecule has 0 bridgehead atoms. The Hall–Kier alpha value is -2.12. The first-order valence-corrected chi connectivity index (χ1v) is 12.1. The monoisotopic (exact) mass is 505 g/mol. The molecule has 0 aliphatic rings. The Morgan fingerprint density at radius 1 is 1.06 bits per heavy atom. The smallest absolute Gasteiger partial charge is 0.302 e. The van der Waals surface area contributed by atoms with E-state index in [4.69, 9.17) is 4.74 Å². The zero-order valence-corrected chi connectivity index (χ0v) is 20.1. The summed E-state index contributed by atoms with van der Waals surface area (Å²) in [6, 6.07) is 13.1. The molecule has 0 aromatic heterocycles. The summed E-state index contributed by atoms with van der Waals surface area (Å²) in [4.78, 5) is 23.5. The van der Waals surface area contributed by atoms with E-state index in [1.54, 1.807) is 6.07 Å². The highest BCUT2D eigenvalue weighted by Gasteiger charge is 2.16. The lowest BCUT2D eigenvalue weighted by Gasteiger charge is -2.06. The van der Waals surface area contributed by atoms with Crippen molar-refractivity contribution >= 4 is 45.4 Å². The van der Waals surface area contributed by atoms with Crippen molar-refractivity contribution in [1.29, 1.82) is 0 Å². The molecule has 2 rings (SSSR count). The van der Waals surface area contributed by atoms with Gasteiger partial charge in [0.15, 0.2) is 0 Å². The Morgan fingerprint density at radius 2 is 1.77 bits per heavy atom. The van der Waals surface area contributed by atoms with Crippen molar-refractivity contribution in [2.24, 2.45) is 0 Å². The Morgan fingerprint density at radius 3 is 2.48 bits per heavy atom. The van der Waals surface area contributed by atoms with Crippen LogP contribution in [0.4, 0.5) is 5.69 Å². The highest BCUT2D eigenvalue weighted by molar-refractivity contribution is 9.10. The van der Waals surface area contributed by atoms with E-state index < -0.39 is 0 Å². The lowest BCUT2D eigenvalue weighted by atomic mass is 10.1. The van der Waals surface area contributed by atoms with E-state index >= 15 is 0 Å². The number of hydrogen-bond donors (Lipinski definition) is 0. The normalized spacial score (nSPS) is 11.0. The minimum atomic E-state index is -0.321. The Labute approximate surface area is 196 Å². The average Bonchev–Trinajstić information content (AvgIpc) is 2.74. The zero-order chi connectivity index (χ0) is 22.5. The molecular formula is C24H28BrNO4S. The summed E-state index contributed by atoms with van der Waals surface area (Å²) < 4.78 is 5.83. The molecule has 0 saturated carbocycles. The molecule has 0 heterocycles. The summed E-state index contributed by atoms with van der Waals surface area (Å²) in [6.45, 7) is 1.95. The lowest BCUT2D eigenvalue weighted by molar-refractivity contribution is -0.387. The maximum Gasteiger partial charge on any atom is 0.302 e. The van der Waals surface area contributed by atoms with Crippen LogP contribution in [-0.4, -0.2) is 17.5 Å². The van der Waals surface area contributed by atoms with Crippen LogP contribution in [0, 0.1) is 10.1 Å². The fourth-order valence-corrected chi connectivity index (χ4v) is 4.47. The van der Waals surface area contributed by atoms with Gasteiger partial charge in [-0.1, -0.05) is 67.8 Å². The van der Waals surface area contributed by atoms with Gasteiger partial charge in [0.2, 0.25) is 0 Å². The van der Waals surface area contributed by atoms with Crippen LogP contribution in [0.5, 0.6) is 0 Å². The number of hydrogen-bond acceptors (Lipinski definition) is 5. The van der Waals surface area contributed by atoms with E-state index in [0.717, 1.165) is 53.5 Å². The number of rotatable bonds is 13. The molecule has 0 unspecified atom stereocenters. The summed E-state index contributed by atoms with van der Waals surface area (Å²) in [5, 5.41) is 11.6. The number of carbonyl (C=O) groups is 1. The van der Waals surface area contributed by atoms with Crippen molar-refractivity contribution in [3.8, 4) is 0 Å². The third-order valence-corrected chi connectivity index (χ3v) is 6.71. The van der Waals surface area contributed by atoms with Gasteiger partial charge in [-0.2, -0.15) is 0 Å². The molecule has 0 aliphatic heterocycles. The molecule has 0 atom stereocenters. The zero-order valence-electron chi connectivity index (χ0n) is 17.7. The third kappa shape index (κ3) is 9.70. The number of esters is 1. The number of unbranched alkanes of at least 4 members (excludes halogenated alkanes) is 6. The second-order valence-corrected chi connectivity index (χ2v) is 9.11. The molecule has 0 radical (unpaired) electrons. The Balaban J connectivity index is 1.77. The number of nitro benzene ring substituents is 1. The van der Waals surface area contributed by atoms with Crippen LogP contribution in [0.25, 0.3) is 6.08 Å². The first-order chi connectivity index (χ1) is 15.0. The molecule has 31 heavy (non-hydrogen) atoms. The van der Waals surface area contributed by atoms with Crippen LogP contribution in [0.1, 0.15) is 57.4 Å². The topological polar surface area (TPSA) is 69.4 Å². The highest BCUT2D eigenvalue weighted by Crippen LogP contribution is 2.38. The standard InChI is InChI=1S/C24H28BrNO4S/c1-19(27)30-17-11-7-5-3-2-4-6-8-12-20-15-16-24(22(18-20)26(28)29)31-23-14-10-9-13-21(23)25/h8-10,12-16,18H,2-7,11,17H2,1H3. The second kappa shape index (κ2) is 14.0. The predicted molar refractivity (Wildman–Crippen MR) is 129 cm³/mol. The van der Waals surface area contributed by atoms with Crippen LogP contribution >= 0.6 is 27.7 Å². The molecule has 2 aromatic rings. The van der Waals surface area contributed by atoms with Crippen molar-refractivity contribution in [2.75, 3.05) is 6.61 Å². The average molecular weight is 506 g/mol. The number of allylic oxidation sites excluding steroid dienone is 1. The van der Waals surface area contributed by atoms with Gasteiger partial charge in [0.1, 0.15) is 0 Å². The van der Waals surface area contributed by atoms with E-state index in [2.05, 4.69) is 22.0 Å². The summed E-state index contributed by atoms with van der Waals surface area (Å²) in [7, 11) is 0. The number of nitro groups is 1. The number of nitrogens with zero attached hydrogens (tertiary/aromatic N) is 1. The minimum absolute atomic E-state index is 0.122. The molecule has 5 nitrogen and oxygen atoms in total. The van der Waals surface area contributed by atoms with Crippen molar-refractivity contribution < 1.29 is 14.5 Å². The Kier molecular flexibility index (Phi) is 11.4. The summed E-state index contributed by atoms with van der Waals surface area (Å²) >= 11 is 4.88. The predicted octanol–water partition coefficient (Wildman–Crippen LogP) is 7.82. The number of ether oxygens (including phenoxy) is 1. The maximum absolute atomic E-state index is 11.6. The van der Waals surface area contributed by atoms with E-state index in [-0.39, 0.29) is 16.6 Å². The largest absolute Gasteiger partial charge is 0.466 e. The molecule has 0 spiro atoms.